The maximum absolute atomic E-state index is 9.99. The monoisotopic (exact) mass is 224 g/mol. The topological polar surface area (TPSA) is 20.2 Å². The highest BCUT2D eigenvalue weighted by atomic mass is 16.3. The standard InChI is InChI=1S/C15H28O/c1-2-3-4-5-6-10-13-15(16)14-11-8-7-9-12-14/h10,13-16H,2-9,11-12H2,1H3/b13-10-. The molecule has 0 amide bonds. The van der Waals surface area contributed by atoms with E-state index in [9.17, 15) is 5.11 Å². The number of aliphatic hydroxyl groups is 1. The fourth-order valence-corrected chi connectivity index (χ4v) is 2.56. The predicted octanol–water partition coefficient (Wildman–Crippen LogP) is 4.45. The van der Waals surface area contributed by atoms with Crippen LogP contribution in [0.5, 0.6) is 0 Å². The maximum atomic E-state index is 9.99. The van der Waals surface area contributed by atoms with Crippen molar-refractivity contribution in [2.45, 2.75) is 77.2 Å². The molecule has 1 rings (SSSR count). The van der Waals surface area contributed by atoms with Gasteiger partial charge in [0, 0.05) is 0 Å². The number of aliphatic hydroxyl groups excluding tert-OH is 1. The Bertz CT molecular complexity index is 180. The van der Waals surface area contributed by atoms with Crippen LogP contribution >= 0.6 is 0 Å². The third kappa shape index (κ3) is 5.69. The Labute approximate surface area is 101 Å². The van der Waals surface area contributed by atoms with Gasteiger partial charge in [-0.05, 0) is 31.6 Å². The Balaban J connectivity index is 2.07. The van der Waals surface area contributed by atoms with Gasteiger partial charge in [0.05, 0.1) is 6.10 Å². The molecule has 0 spiro atoms. The van der Waals surface area contributed by atoms with E-state index in [1.54, 1.807) is 0 Å². The fourth-order valence-electron chi connectivity index (χ4n) is 2.56. The zero-order valence-corrected chi connectivity index (χ0v) is 10.8. The number of allylic oxidation sites excluding steroid dienone is 1. The van der Waals surface area contributed by atoms with Crippen molar-refractivity contribution in [3.05, 3.63) is 12.2 Å². The van der Waals surface area contributed by atoms with Gasteiger partial charge in [0.2, 0.25) is 0 Å². The second-order valence-electron chi connectivity index (χ2n) is 5.17. The van der Waals surface area contributed by atoms with Gasteiger partial charge in [-0.2, -0.15) is 0 Å². The first-order valence-electron chi connectivity index (χ1n) is 7.19. The van der Waals surface area contributed by atoms with Gasteiger partial charge in [0.1, 0.15) is 0 Å². The number of hydrogen-bond acceptors (Lipinski definition) is 1. The first kappa shape index (κ1) is 13.8. The molecule has 0 aromatic heterocycles. The molecule has 1 aliphatic carbocycles. The third-order valence-corrected chi connectivity index (χ3v) is 3.69. The summed E-state index contributed by atoms with van der Waals surface area (Å²) < 4.78 is 0. The van der Waals surface area contributed by atoms with Crippen LogP contribution in [0.15, 0.2) is 12.2 Å². The van der Waals surface area contributed by atoms with Gasteiger partial charge < -0.3 is 5.11 Å². The van der Waals surface area contributed by atoms with Crippen LogP contribution in [0, 0.1) is 5.92 Å². The minimum atomic E-state index is -0.175. The molecular formula is C15H28O. The molecule has 0 aromatic carbocycles. The molecule has 16 heavy (non-hydrogen) atoms. The molecule has 0 bridgehead atoms. The fraction of sp³-hybridized carbons (Fsp3) is 0.867. The highest BCUT2D eigenvalue weighted by Crippen LogP contribution is 2.26. The van der Waals surface area contributed by atoms with Crippen LogP contribution in [0.1, 0.15) is 71.1 Å². The van der Waals surface area contributed by atoms with Crippen LogP contribution in [0.2, 0.25) is 0 Å². The molecule has 1 aliphatic rings. The van der Waals surface area contributed by atoms with E-state index in [1.165, 1.54) is 57.8 Å². The van der Waals surface area contributed by atoms with Crippen LogP contribution in [0.3, 0.4) is 0 Å². The molecule has 0 aromatic rings. The van der Waals surface area contributed by atoms with E-state index in [-0.39, 0.29) is 6.10 Å². The summed E-state index contributed by atoms with van der Waals surface area (Å²) in [6.07, 6.45) is 16.9. The van der Waals surface area contributed by atoms with Gasteiger partial charge >= 0.3 is 0 Å². The maximum Gasteiger partial charge on any atom is 0.0749 e. The quantitative estimate of drug-likeness (QED) is 0.500. The van der Waals surface area contributed by atoms with Crippen LogP contribution in [0.25, 0.3) is 0 Å². The van der Waals surface area contributed by atoms with Gasteiger partial charge in [-0.25, -0.2) is 0 Å². The van der Waals surface area contributed by atoms with Gasteiger partial charge in [-0.15, -0.1) is 0 Å². The zero-order valence-electron chi connectivity index (χ0n) is 10.8. The lowest BCUT2D eigenvalue weighted by Crippen LogP contribution is -2.20. The normalized spacial score (nSPS) is 20.4. The molecule has 1 N–H and O–H groups in total. The van der Waals surface area contributed by atoms with E-state index in [2.05, 4.69) is 13.0 Å². The Morgan fingerprint density at radius 1 is 1.12 bits per heavy atom. The smallest absolute Gasteiger partial charge is 0.0749 e. The first-order valence-corrected chi connectivity index (χ1v) is 7.19. The van der Waals surface area contributed by atoms with Crippen molar-refractivity contribution in [3.63, 3.8) is 0 Å². The van der Waals surface area contributed by atoms with Crippen molar-refractivity contribution >= 4 is 0 Å². The second kappa shape index (κ2) is 8.81. The molecule has 0 radical (unpaired) electrons. The largest absolute Gasteiger partial charge is 0.389 e. The molecule has 0 aliphatic heterocycles. The third-order valence-electron chi connectivity index (χ3n) is 3.69. The summed E-state index contributed by atoms with van der Waals surface area (Å²) in [4.78, 5) is 0. The molecule has 1 unspecified atom stereocenters. The highest BCUT2D eigenvalue weighted by molar-refractivity contribution is 4.92. The molecule has 0 saturated heterocycles. The zero-order chi connectivity index (χ0) is 11.6. The average molecular weight is 224 g/mol. The first-order chi connectivity index (χ1) is 7.84. The number of rotatable bonds is 7. The molecule has 1 heteroatoms. The SMILES string of the molecule is CCCCCC/C=C\C(O)C1CCCCC1. The molecule has 1 fully saturated rings. The Hall–Kier alpha value is -0.300. The summed E-state index contributed by atoms with van der Waals surface area (Å²) in [7, 11) is 0. The van der Waals surface area contributed by atoms with E-state index in [4.69, 9.17) is 0 Å². The van der Waals surface area contributed by atoms with Crippen molar-refractivity contribution in [3.8, 4) is 0 Å². The van der Waals surface area contributed by atoms with E-state index in [0.29, 0.717) is 5.92 Å². The Morgan fingerprint density at radius 2 is 1.88 bits per heavy atom. The number of hydrogen-bond donors (Lipinski definition) is 1. The molecule has 1 nitrogen and oxygen atoms in total. The van der Waals surface area contributed by atoms with E-state index in [1.807, 2.05) is 6.08 Å². The lowest BCUT2D eigenvalue weighted by Gasteiger charge is -2.24. The Kier molecular flexibility index (Phi) is 7.58. The second-order valence-corrected chi connectivity index (χ2v) is 5.17. The van der Waals surface area contributed by atoms with Crippen molar-refractivity contribution in [1.29, 1.82) is 0 Å². The lowest BCUT2D eigenvalue weighted by molar-refractivity contribution is 0.125. The molecular weight excluding hydrogens is 196 g/mol. The van der Waals surface area contributed by atoms with Crippen molar-refractivity contribution in [1.82, 2.24) is 0 Å². The molecule has 94 valence electrons. The number of unbranched alkanes of at least 4 members (excludes halogenated alkanes) is 4. The van der Waals surface area contributed by atoms with Crippen molar-refractivity contribution in [2.75, 3.05) is 0 Å². The van der Waals surface area contributed by atoms with Crippen LogP contribution in [-0.2, 0) is 0 Å². The van der Waals surface area contributed by atoms with Crippen LogP contribution in [-0.4, -0.2) is 11.2 Å². The molecule has 0 heterocycles. The summed E-state index contributed by atoms with van der Waals surface area (Å²) in [5.41, 5.74) is 0. The van der Waals surface area contributed by atoms with Crippen molar-refractivity contribution in [2.24, 2.45) is 5.92 Å². The van der Waals surface area contributed by atoms with Gasteiger partial charge in [0.15, 0.2) is 0 Å². The van der Waals surface area contributed by atoms with Gasteiger partial charge in [0.25, 0.3) is 0 Å². The summed E-state index contributed by atoms with van der Waals surface area (Å²) >= 11 is 0. The van der Waals surface area contributed by atoms with E-state index >= 15 is 0 Å². The Morgan fingerprint density at radius 3 is 2.56 bits per heavy atom. The van der Waals surface area contributed by atoms with Gasteiger partial charge in [-0.1, -0.05) is 57.6 Å². The lowest BCUT2D eigenvalue weighted by atomic mass is 9.85. The predicted molar refractivity (Wildman–Crippen MR) is 70.5 cm³/mol. The minimum Gasteiger partial charge on any atom is -0.389 e. The van der Waals surface area contributed by atoms with Crippen LogP contribution < -0.4 is 0 Å². The van der Waals surface area contributed by atoms with Crippen LogP contribution in [0.4, 0.5) is 0 Å². The molecule has 1 saturated carbocycles. The van der Waals surface area contributed by atoms with E-state index < -0.39 is 0 Å². The summed E-state index contributed by atoms with van der Waals surface area (Å²) in [5.74, 6) is 0.542. The van der Waals surface area contributed by atoms with Gasteiger partial charge in [-0.3, -0.25) is 0 Å². The average Bonchev–Trinajstić information content (AvgIpc) is 2.34. The highest BCUT2D eigenvalue weighted by Gasteiger charge is 2.18. The molecule has 1 atom stereocenters. The summed E-state index contributed by atoms with van der Waals surface area (Å²) in [6.45, 7) is 2.24. The minimum absolute atomic E-state index is 0.175. The summed E-state index contributed by atoms with van der Waals surface area (Å²) in [5, 5.41) is 9.99. The summed E-state index contributed by atoms with van der Waals surface area (Å²) in [6, 6.07) is 0. The van der Waals surface area contributed by atoms with Crippen molar-refractivity contribution < 1.29 is 5.11 Å². The van der Waals surface area contributed by atoms with E-state index in [0.717, 1.165) is 6.42 Å².